The van der Waals surface area contributed by atoms with E-state index in [4.69, 9.17) is 0 Å². The van der Waals surface area contributed by atoms with Gasteiger partial charge in [0.1, 0.15) is 0 Å². The quantitative estimate of drug-likeness (QED) is 0.833. The minimum atomic E-state index is -4.41. The Hall–Kier alpha value is -1.61. The van der Waals surface area contributed by atoms with Gasteiger partial charge in [-0.1, -0.05) is 19.1 Å². The number of amides is 1. The van der Waals surface area contributed by atoms with E-state index in [1.807, 2.05) is 5.32 Å². The Morgan fingerprint density at radius 3 is 2.43 bits per heavy atom. The lowest BCUT2D eigenvalue weighted by molar-refractivity contribution is -0.126. The first-order chi connectivity index (χ1) is 9.65. The van der Waals surface area contributed by atoms with Crippen molar-refractivity contribution in [3.63, 3.8) is 0 Å². The summed E-state index contributed by atoms with van der Waals surface area (Å²) < 4.78 is 59.4. The molecule has 9 heteroatoms. The van der Waals surface area contributed by atoms with Gasteiger partial charge in [0.15, 0.2) is 9.84 Å². The number of carbonyl (C=O) groups excluding carboxylic acids is 1. The highest BCUT2D eigenvalue weighted by atomic mass is 32.2. The first-order valence-corrected chi connectivity index (χ1v) is 7.70. The van der Waals surface area contributed by atoms with Crippen LogP contribution in [0.2, 0.25) is 0 Å². The molecule has 0 saturated heterocycles. The summed E-state index contributed by atoms with van der Waals surface area (Å²) in [5, 5.41) is 4.22. The van der Waals surface area contributed by atoms with Crippen LogP contribution in [0.3, 0.4) is 0 Å². The van der Waals surface area contributed by atoms with Crippen molar-refractivity contribution in [1.29, 1.82) is 0 Å². The molecule has 0 atom stereocenters. The van der Waals surface area contributed by atoms with Gasteiger partial charge in [0, 0.05) is 0 Å². The Kier molecular flexibility index (Phi) is 5.73. The number of anilines is 1. The molecule has 0 aliphatic carbocycles. The highest BCUT2D eigenvalue weighted by molar-refractivity contribution is 7.91. The molecule has 0 saturated carbocycles. The monoisotopic (exact) mass is 324 g/mol. The van der Waals surface area contributed by atoms with Gasteiger partial charge in [-0.05, 0) is 12.1 Å². The van der Waals surface area contributed by atoms with Crippen LogP contribution in [0.1, 0.15) is 6.92 Å². The lowest BCUT2D eigenvalue weighted by Crippen LogP contribution is -2.35. The van der Waals surface area contributed by atoms with Crippen LogP contribution in [0.15, 0.2) is 29.2 Å². The molecule has 0 unspecified atom stereocenters. The number of para-hydroxylation sites is 1. The molecule has 21 heavy (non-hydrogen) atoms. The van der Waals surface area contributed by atoms with E-state index in [9.17, 15) is 26.4 Å². The zero-order valence-electron chi connectivity index (χ0n) is 11.2. The fraction of sp³-hybridized carbons (Fsp3) is 0.417. The minimum Gasteiger partial charge on any atom is -0.324 e. The summed E-state index contributed by atoms with van der Waals surface area (Å²) in [6.45, 7) is -0.409. The van der Waals surface area contributed by atoms with Crippen LogP contribution in [0.5, 0.6) is 0 Å². The number of rotatable bonds is 6. The van der Waals surface area contributed by atoms with E-state index in [0.29, 0.717) is 0 Å². The maximum atomic E-state index is 11.9. The van der Waals surface area contributed by atoms with E-state index in [2.05, 4.69) is 5.32 Å². The molecule has 0 radical (unpaired) electrons. The summed E-state index contributed by atoms with van der Waals surface area (Å²) in [6, 6.07) is 5.73. The van der Waals surface area contributed by atoms with E-state index in [-0.39, 0.29) is 16.3 Å². The number of halogens is 3. The van der Waals surface area contributed by atoms with Crippen molar-refractivity contribution in [2.75, 3.05) is 24.2 Å². The van der Waals surface area contributed by atoms with Crippen molar-refractivity contribution in [2.45, 2.75) is 18.0 Å². The fourth-order valence-corrected chi connectivity index (χ4v) is 2.56. The second-order valence-corrected chi connectivity index (χ2v) is 6.41. The van der Waals surface area contributed by atoms with Gasteiger partial charge in [-0.25, -0.2) is 8.42 Å². The van der Waals surface area contributed by atoms with Crippen molar-refractivity contribution in [1.82, 2.24) is 5.32 Å². The number of hydrogen-bond donors (Lipinski definition) is 2. The number of alkyl halides is 3. The predicted molar refractivity (Wildman–Crippen MR) is 71.7 cm³/mol. The highest BCUT2D eigenvalue weighted by Gasteiger charge is 2.26. The molecule has 1 aromatic carbocycles. The molecule has 0 fully saturated rings. The van der Waals surface area contributed by atoms with Gasteiger partial charge in [-0.15, -0.1) is 0 Å². The van der Waals surface area contributed by atoms with Gasteiger partial charge in [0.2, 0.25) is 5.91 Å². The van der Waals surface area contributed by atoms with E-state index in [1.165, 1.54) is 31.2 Å². The van der Waals surface area contributed by atoms with Crippen LogP contribution in [0, 0.1) is 0 Å². The summed E-state index contributed by atoms with van der Waals surface area (Å²) in [4.78, 5) is 11.5. The maximum absolute atomic E-state index is 11.9. The Bertz CT molecular complexity index is 600. The molecule has 1 amide bonds. The van der Waals surface area contributed by atoms with Crippen LogP contribution in [-0.2, 0) is 14.6 Å². The number of sulfone groups is 1. The topological polar surface area (TPSA) is 75.3 Å². The summed E-state index contributed by atoms with van der Waals surface area (Å²) >= 11 is 0. The SMILES string of the molecule is CCS(=O)(=O)c1ccccc1NC(=O)CNCC(F)(F)F. The molecule has 1 rings (SSSR count). The van der Waals surface area contributed by atoms with Crippen molar-refractivity contribution in [3.05, 3.63) is 24.3 Å². The molecule has 5 nitrogen and oxygen atoms in total. The molecule has 0 bridgehead atoms. The zero-order valence-corrected chi connectivity index (χ0v) is 12.0. The third-order valence-corrected chi connectivity index (χ3v) is 4.27. The average Bonchev–Trinajstić information content (AvgIpc) is 2.37. The number of carbonyl (C=O) groups is 1. The van der Waals surface area contributed by atoms with Gasteiger partial charge in [0.25, 0.3) is 0 Å². The summed E-state index contributed by atoms with van der Waals surface area (Å²) in [7, 11) is -3.53. The standard InChI is InChI=1S/C12H15F3N2O3S/c1-2-21(19,20)10-6-4-3-5-9(10)17-11(18)7-16-8-12(13,14)15/h3-6,16H,2,7-8H2,1H3,(H,17,18). The number of nitrogens with one attached hydrogen (secondary N) is 2. The Labute approximate surface area is 120 Å². The van der Waals surface area contributed by atoms with Gasteiger partial charge in [-0.2, -0.15) is 13.2 Å². The first kappa shape index (κ1) is 17.4. The second kappa shape index (κ2) is 6.90. The van der Waals surface area contributed by atoms with Gasteiger partial charge in [-0.3, -0.25) is 4.79 Å². The molecular weight excluding hydrogens is 309 g/mol. The van der Waals surface area contributed by atoms with Crippen molar-refractivity contribution in [2.24, 2.45) is 0 Å². The van der Waals surface area contributed by atoms with Crippen LogP contribution >= 0.6 is 0 Å². The second-order valence-electron chi connectivity index (χ2n) is 4.17. The maximum Gasteiger partial charge on any atom is 0.401 e. The van der Waals surface area contributed by atoms with Crippen molar-refractivity contribution >= 4 is 21.4 Å². The molecule has 2 N–H and O–H groups in total. The number of benzene rings is 1. The lowest BCUT2D eigenvalue weighted by atomic mass is 10.3. The highest BCUT2D eigenvalue weighted by Crippen LogP contribution is 2.21. The summed E-state index contributed by atoms with van der Waals surface area (Å²) in [5.41, 5.74) is 0.0539. The fourth-order valence-electron chi connectivity index (χ4n) is 1.51. The first-order valence-electron chi connectivity index (χ1n) is 6.05. The molecule has 0 heterocycles. The van der Waals surface area contributed by atoms with E-state index in [0.717, 1.165) is 0 Å². The molecule has 118 valence electrons. The van der Waals surface area contributed by atoms with Gasteiger partial charge < -0.3 is 10.6 Å². The van der Waals surface area contributed by atoms with Crippen molar-refractivity contribution in [3.8, 4) is 0 Å². The Morgan fingerprint density at radius 2 is 1.86 bits per heavy atom. The van der Waals surface area contributed by atoms with Crippen molar-refractivity contribution < 1.29 is 26.4 Å². The Morgan fingerprint density at radius 1 is 1.24 bits per heavy atom. The largest absolute Gasteiger partial charge is 0.401 e. The summed E-state index contributed by atoms with van der Waals surface area (Å²) in [6.07, 6.45) is -4.41. The van der Waals surface area contributed by atoms with Gasteiger partial charge >= 0.3 is 6.18 Å². The van der Waals surface area contributed by atoms with Crippen LogP contribution < -0.4 is 10.6 Å². The van der Waals surface area contributed by atoms with E-state index < -0.39 is 35.0 Å². The molecule has 0 aliphatic rings. The predicted octanol–water partition coefficient (Wildman–Crippen LogP) is 1.57. The zero-order chi connectivity index (χ0) is 16.1. The Balaban J connectivity index is 2.74. The smallest absolute Gasteiger partial charge is 0.324 e. The van der Waals surface area contributed by atoms with Gasteiger partial charge in [0.05, 0.1) is 29.4 Å². The van der Waals surface area contributed by atoms with Crippen LogP contribution in [0.4, 0.5) is 18.9 Å². The average molecular weight is 324 g/mol. The minimum absolute atomic E-state index is 0.0539. The molecule has 0 spiro atoms. The molecular formula is C12H15F3N2O3S. The normalized spacial score (nSPS) is 12.2. The van der Waals surface area contributed by atoms with E-state index in [1.54, 1.807) is 0 Å². The van der Waals surface area contributed by atoms with Crippen LogP contribution in [0.25, 0.3) is 0 Å². The third kappa shape index (κ3) is 5.72. The molecule has 0 aromatic heterocycles. The summed E-state index contributed by atoms with van der Waals surface area (Å²) in [5.74, 6) is -0.898. The molecule has 1 aromatic rings. The third-order valence-electron chi connectivity index (χ3n) is 2.49. The molecule has 0 aliphatic heterocycles. The lowest BCUT2D eigenvalue weighted by Gasteiger charge is -2.12. The number of hydrogen-bond acceptors (Lipinski definition) is 4. The van der Waals surface area contributed by atoms with E-state index >= 15 is 0 Å². The van der Waals surface area contributed by atoms with Crippen LogP contribution in [-0.4, -0.2) is 39.3 Å².